The fourth-order valence-corrected chi connectivity index (χ4v) is 2.85. The van der Waals surface area contributed by atoms with E-state index in [1.807, 2.05) is 25.1 Å². The molecule has 110 valence electrons. The molecule has 0 fully saturated rings. The van der Waals surface area contributed by atoms with Crippen LogP contribution in [-0.2, 0) is 17.1 Å². The zero-order chi connectivity index (χ0) is 14.8. The summed E-state index contributed by atoms with van der Waals surface area (Å²) in [7, 11) is 1.84. The molecule has 1 N–H and O–H groups in total. The average Bonchev–Trinajstić information content (AvgIpc) is 3.00. The third-order valence-corrected chi connectivity index (χ3v) is 4.33. The van der Waals surface area contributed by atoms with Crippen LogP contribution in [0.4, 0.5) is 0 Å². The van der Waals surface area contributed by atoms with Gasteiger partial charge in [0, 0.05) is 19.8 Å². The molecule has 0 spiro atoms. The van der Waals surface area contributed by atoms with Crippen molar-refractivity contribution in [1.29, 1.82) is 0 Å². The first kappa shape index (κ1) is 14.8. The maximum absolute atomic E-state index is 12.1. The Balaban J connectivity index is 2.10. The van der Waals surface area contributed by atoms with Crippen molar-refractivity contribution >= 4 is 10.0 Å². The zero-order valence-corrected chi connectivity index (χ0v) is 12.5. The van der Waals surface area contributed by atoms with Gasteiger partial charge < -0.3 is 4.42 Å². The molecule has 0 aromatic carbocycles. The second-order valence-electron chi connectivity index (χ2n) is 4.70. The van der Waals surface area contributed by atoms with Gasteiger partial charge in [0.25, 0.3) is 0 Å². The van der Waals surface area contributed by atoms with E-state index in [1.165, 1.54) is 17.1 Å². The summed E-state index contributed by atoms with van der Waals surface area (Å²) in [4.78, 5) is 2.04. The molecule has 2 aromatic heterocycles. The molecule has 0 saturated carbocycles. The summed E-state index contributed by atoms with van der Waals surface area (Å²) in [6.07, 6.45) is 4.35. The molecule has 2 heterocycles. The number of aryl methyl sites for hydroxylation is 1. The molecule has 20 heavy (non-hydrogen) atoms. The third kappa shape index (κ3) is 3.27. The van der Waals surface area contributed by atoms with E-state index >= 15 is 0 Å². The summed E-state index contributed by atoms with van der Waals surface area (Å²) >= 11 is 0. The Kier molecular flexibility index (Phi) is 4.26. The number of rotatable bonds is 6. The SMILES string of the molecule is CN(C)[C@H](CNS(=O)(=O)c1cnn(C)c1)c1ccco1. The molecule has 0 aliphatic heterocycles. The largest absolute Gasteiger partial charge is 0.468 e. The van der Waals surface area contributed by atoms with Crippen LogP contribution >= 0.6 is 0 Å². The normalized spacial score (nSPS) is 13.8. The Morgan fingerprint density at radius 1 is 1.50 bits per heavy atom. The lowest BCUT2D eigenvalue weighted by Crippen LogP contribution is -2.34. The standard InChI is InChI=1S/C12H18N4O3S/c1-15(2)11(12-5-4-6-19-12)8-14-20(17,18)10-7-13-16(3)9-10/h4-7,9,11,14H,8H2,1-3H3/t11-/m1/s1. The fraction of sp³-hybridized carbons (Fsp3) is 0.417. The molecule has 2 rings (SSSR count). The molecule has 0 amide bonds. The van der Waals surface area contributed by atoms with Gasteiger partial charge in [-0.1, -0.05) is 0 Å². The van der Waals surface area contributed by atoms with Gasteiger partial charge >= 0.3 is 0 Å². The zero-order valence-electron chi connectivity index (χ0n) is 11.6. The quantitative estimate of drug-likeness (QED) is 0.844. The molecule has 8 heteroatoms. The molecular formula is C12H18N4O3S. The Labute approximate surface area is 118 Å². The van der Waals surface area contributed by atoms with Crippen molar-refractivity contribution in [1.82, 2.24) is 19.4 Å². The van der Waals surface area contributed by atoms with Crippen molar-refractivity contribution < 1.29 is 12.8 Å². The predicted octanol–water partition coefficient (Wildman–Crippen LogP) is 0.594. The van der Waals surface area contributed by atoms with Crippen LogP contribution in [0, 0.1) is 0 Å². The highest BCUT2D eigenvalue weighted by molar-refractivity contribution is 7.89. The van der Waals surface area contributed by atoms with Crippen LogP contribution in [0.2, 0.25) is 0 Å². The Morgan fingerprint density at radius 2 is 2.25 bits per heavy atom. The van der Waals surface area contributed by atoms with Gasteiger partial charge in [-0.2, -0.15) is 5.10 Å². The van der Waals surface area contributed by atoms with Gasteiger partial charge in [0.1, 0.15) is 10.7 Å². The maximum atomic E-state index is 12.1. The number of hydrogen-bond donors (Lipinski definition) is 1. The van der Waals surface area contributed by atoms with Crippen LogP contribution in [0.25, 0.3) is 0 Å². The van der Waals surface area contributed by atoms with E-state index in [9.17, 15) is 8.42 Å². The van der Waals surface area contributed by atoms with Gasteiger partial charge in [0.15, 0.2) is 0 Å². The van der Waals surface area contributed by atoms with Crippen molar-refractivity contribution in [2.24, 2.45) is 7.05 Å². The number of nitrogens with one attached hydrogen (secondary N) is 1. The van der Waals surface area contributed by atoms with Crippen LogP contribution in [-0.4, -0.2) is 43.7 Å². The molecule has 0 unspecified atom stereocenters. The summed E-state index contributed by atoms with van der Waals surface area (Å²) in [5.74, 6) is 0.712. The first-order valence-corrected chi connectivity index (χ1v) is 7.56. The topological polar surface area (TPSA) is 80.4 Å². The van der Waals surface area contributed by atoms with Gasteiger partial charge in [-0.15, -0.1) is 0 Å². The van der Waals surface area contributed by atoms with Crippen LogP contribution in [0.3, 0.4) is 0 Å². The monoisotopic (exact) mass is 298 g/mol. The molecule has 2 aromatic rings. The number of furan rings is 1. The van der Waals surface area contributed by atoms with E-state index in [0.29, 0.717) is 5.76 Å². The highest BCUT2D eigenvalue weighted by atomic mass is 32.2. The molecule has 0 radical (unpaired) electrons. The van der Waals surface area contributed by atoms with Crippen LogP contribution in [0.15, 0.2) is 40.1 Å². The second kappa shape index (κ2) is 5.78. The van der Waals surface area contributed by atoms with Crippen molar-refractivity contribution in [3.63, 3.8) is 0 Å². The summed E-state index contributed by atoms with van der Waals surface area (Å²) in [6.45, 7) is 0.220. The van der Waals surface area contributed by atoms with Crippen molar-refractivity contribution in [2.75, 3.05) is 20.6 Å². The van der Waals surface area contributed by atoms with E-state index in [1.54, 1.807) is 19.4 Å². The van der Waals surface area contributed by atoms with Gasteiger partial charge in [0.2, 0.25) is 10.0 Å². The van der Waals surface area contributed by atoms with Crippen molar-refractivity contribution in [3.8, 4) is 0 Å². The van der Waals surface area contributed by atoms with E-state index in [2.05, 4.69) is 9.82 Å². The van der Waals surface area contributed by atoms with Gasteiger partial charge in [-0.25, -0.2) is 13.1 Å². The van der Waals surface area contributed by atoms with Crippen molar-refractivity contribution in [3.05, 3.63) is 36.5 Å². The molecule has 0 aliphatic rings. The minimum atomic E-state index is -3.56. The Bertz CT molecular complexity index is 646. The number of nitrogens with zero attached hydrogens (tertiary/aromatic N) is 3. The minimum Gasteiger partial charge on any atom is -0.468 e. The fourth-order valence-electron chi connectivity index (χ4n) is 1.83. The van der Waals surface area contributed by atoms with Gasteiger partial charge in [0.05, 0.1) is 18.5 Å². The number of aromatic nitrogens is 2. The molecule has 0 saturated heterocycles. The lowest BCUT2D eigenvalue weighted by Gasteiger charge is -2.22. The Hall–Kier alpha value is -1.64. The van der Waals surface area contributed by atoms with E-state index in [4.69, 9.17) is 4.42 Å². The summed E-state index contributed by atoms with van der Waals surface area (Å²) in [6, 6.07) is 3.43. The lowest BCUT2D eigenvalue weighted by molar-refractivity contribution is 0.259. The third-order valence-electron chi connectivity index (χ3n) is 2.95. The lowest BCUT2D eigenvalue weighted by atomic mass is 10.2. The molecular weight excluding hydrogens is 280 g/mol. The van der Waals surface area contributed by atoms with E-state index < -0.39 is 10.0 Å². The maximum Gasteiger partial charge on any atom is 0.243 e. The molecule has 0 bridgehead atoms. The molecule has 0 aliphatic carbocycles. The van der Waals surface area contributed by atoms with Crippen LogP contribution in [0.1, 0.15) is 11.8 Å². The second-order valence-corrected chi connectivity index (χ2v) is 6.46. The average molecular weight is 298 g/mol. The van der Waals surface area contributed by atoms with Crippen LogP contribution < -0.4 is 4.72 Å². The first-order valence-electron chi connectivity index (χ1n) is 6.08. The highest BCUT2D eigenvalue weighted by Crippen LogP contribution is 2.18. The number of sulfonamides is 1. The Morgan fingerprint density at radius 3 is 2.75 bits per heavy atom. The first-order chi connectivity index (χ1) is 9.40. The summed E-state index contributed by atoms with van der Waals surface area (Å²) in [5.41, 5.74) is 0. The smallest absolute Gasteiger partial charge is 0.243 e. The van der Waals surface area contributed by atoms with Crippen molar-refractivity contribution in [2.45, 2.75) is 10.9 Å². The van der Waals surface area contributed by atoms with Gasteiger partial charge in [-0.05, 0) is 26.2 Å². The number of likely N-dealkylation sites (N-methyl/N-ethyl adjacent to an activating group) is 1. The van der Waals surface area contributed by atoms with E-state index in [0.717, 1.165) is 0 Å². The summed E-state index contributed by atoms with van der Waals surface area (Å²) < 4.78 is 33.6. The minimum absolute atomic E-state index is 0.150. The molecule has 1 atom stereocenters. The summed E-state index contributed by atoms with van der Waals surface area (Å²) in [5, 5.41) is 3.86. The predicted molar refractivity (Wildman–Crippen MR) is 73.5 cm³/mol. The number of hydrogen-bond acceptors (Lipinski definition) is 5. The van der Waals surface area contributed by atoms with E-state index in [-0.39, 0.29) is 17.5 Å². The van der Waals surface area contributed by atoms with Gasteiger partial charge in [-0.3, -0.25) is 9.58 Å². The highest BCUT2D eigenvalue weighted by Gasteiger charge is 2.22. The van der Waals surface area contributed by atoms with Crippen LogP contribution in [0.5, 0.6) is 0 Å². The molecule has 7 nitrogen and oxygen atoms in total.